The molecule has 0 spiro atoms. The molecule has 0 aliphatic heterocycles. The summed E-state index contributed by atoms with van der Waals surface area (Å²) in [6, 6.07) is 0. The summed E-state index contributed by atoms with van der Waals surface area (Å²) in [7, 11) is 0. The number of rotatable bonds is 9. The van der Waals surface area contributed by atoms with E-state index in [-0.39, 0.29) is 0 Å². The fourth-order valence-electron chi connectivity index (χ4n) is 1.19. The fraction of sp³-hybridized carbons (Fsp3) is 1.00. The number of hydrogen-bond acceptors (Lipinski definition) is 1. The molecular weight excluding hydrogens is 210 g/mol. The Morgan fingerprint density at radius 3 is 2.20 bits per heavy atom. The normalized spacial score (nSPS) is 12.4. The van der Waals surface area contributed by atoms with Gasteiger partial charge in [0.05, 0.1) is 6.54 Å². The minimum Gasteiger partial charge on any atom is -0.311 e. The maximum atomic E-state index is 12.4. The summed E-state index contributed by atoms with van der Waals surface area (Å²) < 4.78 is 48.1. The van der Waals surface area contributed by atoms with Gasteiger partial charge in [-0.3, -0.25) is 0 Å². The van der Waals surface area contributed by atoms with Crippen LogP contribution in [0.15, 0.2) is 0 Å². The summed E-state index contributed by atoms with van der Waals surface area (Å²) in [5.74, 6) is -3.90. The van der Waals surface area contributed by atoms with Crippen LogP contribution < -0.4 is 5.32 Å². The summed E-state index contributed by atoms with van der Waals surface area (Å²) in [6.45, 7) is 1.53. The van der Waals surface area contributed by atoms with Crippen LogP contribution in [0.5, 0.6) is 0 Å². The molecule has 0 bridgehead atoms. The van der Waals surface area contributed by atoms with Crippen molar-refractivity contribution in [1.29, 1.82) is 0 Å². The van der Waals surface area contributed by atoms with Gasteiger partial charge in [-0.25, -0.2) is 8.78 Å². The summed E-state index contributed by atoms with van der Waals surface area (Å²) >= 11 is 0. The number of nitrogens with one attached hydrogen (secondary N) is 1. The third kappa shape index (κ3) is 7.59. The van der Waals surface area contributed by atoms with Crippen LogP contribution in [0.1, 0.15) is 39.0 Å². The van der Waals surface area contributed by atoms with Crippen LogP contribution in [0.3, 0.4) is 0 Å². The highest BCUT2D eigenvalue weighted by Crippen LogP contribution is 2.21. The lowest BCUT2D eigenvalue weighted by Crippen LogP contribution is -2.39. The lowest BCUT2D eigenvalue weighted by molar-refractivity contribution is -0.125. The van der Waals surface area contributed by atoms with Gasteiger partial charge in [-0.1, -0.05) is 32.6 Å². The van der Waals surface area contributed by atoms with E-state index < -0.39 is 18.9 Å². The van der Waals surface area contributed by atoms with Crippen molar-refractivity contribution in [1.82, 2.24) is 5.32 Å². The van der Waals surface area contributed by atoms with Gasteiger partial charge in [0.2, 0.25) is 0 Å². The highest BCUT2D eigenvalue weighted by Gasteiger charge is 2.39. The molecule has 0 aromatic heterocycles. The van der Waals surface area contributed by atoms with Gasteiger partial charge in [0.25, 0.3) is 0 Å². The predicted octanol–water partition coefficient (Wildman–Crippen LogP) is 3.45. The minimum absolute atomic E-state index is 0.381. The van der Waals surface area contributed by atoms with Gasteiger partial charge in [0, 0.05) is 0 Å². The average molecular weight is 229 g/mol. The lowest BCUT2D eigenvalue weighted by atomic mass is 10.1. The number of unbranched alkanes of at least 4 members (excludes halogenated alkanes) is 4. The molecule has 0 aliphatic rings. The second-order valence-electron chi connectivity index (χ2n) is 3.65. The Labute approximate surface area is 88.2 Å². The highest BCUT2D eigenvalue weighted by molar-refractivity contribution is 4.71. The van der Waals surface area contributed by atoms with Crippen molar-refractivity contribution >= 4 is 0 Å². The maximum Gasteiger partial charge on any atom is 0.319 e. The summed E-state index contributed by atoms with van der Waals surface area (Å²) in [5.41, 5.74) is 0. The van der Waals surface area contributed by atoms with Crippen LogP contribution in [0.2, 0.25) is 0 Å². The Morgan fingerprint density at radius 2 is 1.67 bits per heavy atom. The number of alkyl halides is 4. The second kappa shape index (κ2) is 7.91. The van der Waals surface area contributed by atoms with Gasteiger partial charge in [-0.15, -0.1) is 0 Å². The predicted molar refractivity (Wildman–Crippen MR) is 52.6 cm³/mol. The van der Waals surface area contributed by atoms with Gasteiger partial charge in [0.1, 0.15) is 0 Å². The maximum absolute atomic E-state index is 12.4. The molecule has 1 N–H and O–H groups in total. The van der Waals surface area contributed by atoms with Crippen molar-refractivity contribution in [2.45, 2.75) is 51.4 Å². The van der Waals surface area contributed by atoms with Crippen LogP contribution in [0, 0.1) is 0 Å². The SMILES string of the molecule is CCCCCCCNCC(F)(F)C(F)F. The molecule has 0 fully saturated rings. The van der Waals surface area contributed by atoms with Gasteiger partial charge >= 0.3 is 12.3 Å². The molecule has 0 radical (unpaired) electrons. The Kier molecular flexibility index (Phi) is 7.74. The molecule has 0 amide bonds. The molecule has 0 heterocycles. The zero-order valence-corrected chi connectivity index (χ0v) is 9.04. The van der Waals surface area contributed by atoms with E-state index >= 15 is 0 Å². The van der Waals surface area contributed by atoms with E-state index in [1.165, 1.54) is 0 Å². The molecule has 0 aromatic carbocycles. The molecule has 0 aromatic rings. The first-order valence-corrected chi connectivity index (χ1v) is 5.37. The van der Waals surface area contributed by atoms with Crippen molar-refractivity contribution < 1.29 is 17.6 Å². The molecule has 0 saturated carbocycles. The fourth-order valence-corrected chi connectivity index (χ4v) is 1.19. The van der Waals surface area contributed by atoms with E-state index in [0.717, 1.165) is 32.1 Å². The molecule has 15 heavy (non-hydrogen) atoms. The van der Waals surface area contributed by atoms with Gasteiger partial charge in [-0.05, 0) is 13.0 Å². The van der Waals surface area contributed by atoms with Crippen molar-refractivity contribution in [3.05, 3.63) is 0 Å². The van der Waals surface area contributed by atoms with E-state index in [1.54, 1.807) is 0 Å². The van der Waals surface area contributed by atoms with Crippen molar-refractivity contribution in [3.8, 4) is 0 Å². The smallest absolute Gasteiger partial charge is 0.311 e. The molecule has 0 saturated heterocycles. The zero-order valence-electron chi connectivity index (χ0n) is 9.04. The second-order valence-corrected chi connectivity index (χ2v) is 3.65. The number of halogens is 4. The molecule has 5 heteroatoms. The highest BCUT2D eigenvalue weighted by atomic mass is 19.3. The molecule has 92 valence electrons. The number of hydrogen-bond donors (Lipinski definition) is 1. The summed E-state index contributed by atoms with van der Waals surface area (Å²) in [6.07, 6.45) is 1.47. The van der Waals surface area contributed by atoms with Gasteiger partial charge < -0.3 is 5.32 Å². The van der Waals surface area contributed by atoms with Crippen LogP contribution >= 0.6 is 0 Å². The van der Waals surface area contributed by atoms with Crippen LogP contribution in [-0.2, 0) is 0 Å². The molecule has 0 unspecified atom stereocenters. The largest absolute Gasteiger partial charge is 0.319 e. The minimum atomic E-state index is -3.90. The first-order valence-electron chi connectivity index (χ1n) is 5.37. The van der Waals surface area contributed by atoms with E-state index in [2.05, 4.69) is 12.2 Å². The van der Waals surface area contributed by atoms with Crippen LogP contribution in [0.4, 0.5) is 17.6 Å². The topological polar surface area (TPSA) is 12.0 Å². The van der Waals surface area contributed by atoms with E-state index in [1.807, 2.05) is 0 Å². The Hall–Kier alpha value is -0.320. The van der Waals surface area contributed by atoms with Gasteiger partial charge in [-0.2, -0.15) is 8.78 Å². The molecule has 0 atom stereocenters. The summed E-state index contributed by atoms with van der Waals surface area (Å²) in [5, 5.41) is 2.35. The summed E-state index contributed by atoms with van der Waals surface area (Å²) in [4.78, 5) is 0. The van der Waals surface area contributed by atoms with Crippen molar-refractivity contribution in [2.24, 2.45) is 0 Å². The van der Waals surface area contributed by atoms with E-state index in [4.69, 9.17) is 0 Å². The Balaban J connectivity index is 3.31. The first-order chi connectivity index (χ1) is 7.00. The quantitative estimate of drug-likeness (QED) is 0.471. The van der Waals surface area contributed by atoms with Crippen molar-refractivity contribution in [3.63, 3.8) is 0 Å². The van der Waals surface area contributed by atoms with E-state index in [0.29, 0.717) is 6.54 Å². The Bertz CT molecular complexity index is 150. The van der Waals surface area contributed by atoms with E-state index in [9.17, 15) is 17.6 Å². The molecular formula is C10H19F4N. The molecule has 0 aliphatic carbocycles. The zero-order chi connectivity index (χ0) is 11.7. The Morgan fingerprint density at radius 1 is 1.07 bits per heavy atom. The average Bonchev–Trinajstić information content (AvgIpc) is 2.16. The third-order valence-electron chi connectivity index (χ3n) is 2.14. The van der Waals surface area contributed by atoms with Crippen molar-refractivity contribution in [2.75, 3.05) is 13.1 Å². The molecule has 1 nitrogen and oxygen atoms in total. The molecule has 0 rings (SSSR count). The standard InChI is InChI=1S/C10H19F4N/c1-2-3-4-5-6-7-15-8-10(13,14)9(11)12/h9,15H,2-8H2,1H3. The lowest BCUT2D eigenvalue weighted by Gasteiger charge is -2.15. The van der Waals surface area contributed by atoms with Gasteiger partial charge in [0.15, 0.2) is 0 Å². The monoisotopic (exact) mass is 229 g/mol. The third-order valence-corrected chi connectivity index (χ3v) is 2.14. The van der Waals surface area contributed by atoms with Crippen LogP contribution in [-0.4, -0.2) is 25.4 Å². The van der Waals surface area contributed by atoms with Crippen LogP contribution in [0.25, 0.3) is 0 Å². The first kappa shape index (κ1) is 14.7.